The Balaban J connectivity index is 2.14. The normalized spacial score (nSPS) is 12.6. The molecule has 84 valence electrons. The molecule has 0 aliphatic carbocycles. The number of hydrogen-bond acceptors (Lipinski definition) is 3. The van der Waals surface area contributed by atoms with Crippen LogP contribution in [0.4, 0.5) is 0 Å². The Morgan fingerprint density at radius 1 is 1.38 bits per heavy atom. The van der Waals surface area contributed by atoms with Gasteiger partial charge in [0.15, 0.2) is 0 Å². The summed E-state index contributed by atoms with van der Waals surface area (Å²) in [6, 6.07) is 6.74. The fourth-order valence-electron chi connectivity index (χ4n) is 1.48. The molecule has 1 aromatic carbocycles. The average molecular weight is 283 g/mol. The van der Waals surface area contributed by atoms with Gasteiger partial charge in [0.2, 0.25) is 0 Å². The van der Waals surface area contributed by atoms with E-state index in [4.69, 9.17) is 0 Å². The Morgan fingerprint density at radius 3 is 2.75 bits per heavy atom. The highest BCUT2D eigenvalue weighted by atomic mass is 79.9. The molecule has 0 aliphatic heterocycles. The largest absolute Gasteiger partial charge is 0.508 e. The van der Waals surface area contributed by atoms with Crippen LogP contribution in [0, 0.1) is 0 Å². The number of para-hydroxylation sites is 1. The molecule has 1 aromatic heterocycles. The molecule has 4 nitrogen and oxygen atoms in total. The summed E-state index contributed by atoms with van der Waals surface area (Å²) in [5.74, 6) is 0.0984. The first kappa shape index (κ1) is 11.2. The third kappa shape index (κ3) is 2.43. The van der Waals surface area contributed by atoms with Crippen LogP contribution in [0.1, 0.15) is 11.7 Å². The maximum Gasteiger partial charge on any atom is 0.121 e. The highest BCUT2D eigenvalue weighted by Crippen LogP contribution is 2.24. The zero-order valence-corrected chi connectivity index (χ0v) is 10.0. The highest BCUT2D eigenvalue weighted by Gasteiger charge is 2.12. The minimum atomic E-state index is -0.770. The number of phenolic OH excluding ortho intramolecular Hbond substituents is 1. The molecule has 0 saturated carbocycles. The molecule has 2 aromatic rings. The quantitative estimate of drug-likeness (QED) is 0.906. The zero-order valence-electron chi connectivity index (χ0n) is 8.42. The molecule has 16 heavy (non-hydrogen) atoms. The molecule has 0 radical (unpaired) electrons. The summed E-state index contributed by atoms with van der Waals surface area (Å²) in [4.78, 5) is 0. The third-order valence-electron chi connectivity index (χ3n) is 2.26. The minimum absolute atomic E-state index is 0.0984. The van der Waals surface area contributed by atoms with Gasteiger partial charge in [-0.25, -0.2) is 0 Å². The van der Waals surface area contributed by atoms with E-state index in [1.807, 2.05) is 0 Å². The standard InChI is InChI=1S/C11H11BrN2O2/c12-8-5-13-14(6-8)7-11(16)9-3-1-2-4-10(9)15/h1-6,11,15-16H,7H2. The molecule has 2 rings (SSSR count). The Labute approximate surface area is 101 Å². The maximum atomic E-state index is 9.93. The van der Waals surface area contributed by atoms with Crippen molar-refractivity contribution in [1.82, 2.24) is 9.78 Å². The van der Waals surface area contributed by atoms with Crippen molar-refractivity contribution in [2.45, 2.75) is 12.6 Å². The second kappa shape index (κ2) is 4.67. The monoisotopic (exact) mass is 282 g/mol. The second-order valence-electron chi connectivity index (χ2n) is 3.46. The van der Waals surface area contributed by atoms with Crippen LogP contribution < -0.4 is 0 Å². The van der Waals surface area contributed by atoms with Gasteiger partial charge >= 0.3 is 0 Å². The van der Waals surface area contributed by atoms with Gasteiger partial charge < -0.3 is 10.2 Å². The van der Waals surface area contributed by atoms with Crippen LogP contribution in [-0.4, -0.2) is 20.0 Å². The Morgan fingerprint density at radius 2 is 2.12 bits per heavy atom. The lowest BCUT2D eigenvalue weighted by atomic mass is 10.1. The van der Waals surface area contributed by atoms with E-state index in [0.29, 0.717) is 12.1 Å². The molecule has 0 amide bonds. The molecule has 0 fully saturated rings. The highest BCUT2D eigenvalue weighted by molar-refractivity contribution is 9.10. The first-order valence-corrected chi connectivity index (χ1v) is 5.60. The summed E-state index contributed by atoms with van der Waals surface area (Å²) in [6.45, 7) is 0.309. The summed E-state index contributed by atoms with van der Waals surface area (Å²) in [6.07, 6.45) is 2.65. The fourth-order valence-corrected chi connectivity index (χ4v) is 1.81. The van der Waals surface area contributed by atoms with E-state index in [2.05, 4.69) is 21.0 Å². The van der Waals surface area contributed by atoms with E-state index in [1.165, 1.54) is 0 Å². The maximum absolute atomic E-state index is 9.93. The average Bonchev–Trinajstić information content (AvgIpc) is 2.64. The first-order chi connectivity index (χ1) is 7.66. The number of rotatable bonds is 3. The molecular formula is C11H11BrN2O2. The summed E-state index contributed by atoms with van der Waals surface area (Å²) >= 11 is 3.28. The van der Waals surface area contributed by atoms with Gasteiger partial charge in [-0.3, -0.25) is 4.68 Å². The van der Waals surface area contributed by atoms with Crippen LogP contribution in [0.3, 0.4) is 0 Å². The predicted octanol–water partition coefficient (Wildman–Crippen LogP) is 2.08. The molecule has 0 spiro atoms. The molecule has 1 atom stereocenters. The SMILES string of the molecule is Oc1ccccc1C(O)Cn1cc(Br)cn1. The molecule has 1 heterocycles. The van der Waals surface area contributed by atoms with Gasteiger partial charge in [-0.15, -0.1) is 0 Å². The van der Waals surface area contributed by atoms with E-state index in [9.17, 15) is 10.2 Å². The number of hydrogen-bond donors (Lipinski definition) is 2. The number of phenols is 1. The molecule has 0 saturated heterocycles. The lowest BCUT2D eigenvalue weighted by Gasteiger charge is -2.12. The van der Waals surface area contributed by atoms with Crippen molar-refractivity contribution in [2.24, 2.45) is 0 Å². The molecule has 1 unspecified atom stereocenters. The van der Waals surface area contributed by atoms with Gasteiger partial charge in [-0.2, -0.15) is 5.10 Å². The number of halogens is 1. The lowest BCUT2D eigenvalue weighted by Crippen LogP contribution is -2.09. The number of benzene rings is 1. The number of nitrogens with zero attached hydrogens (tertiary/aromatic N) is 2. The van der Waals surface area contributed by atoms with Gasteiger partial charge in [0.1, 0.15) is 11.9 Å². The summed E-state index contributed by atoms with van der Waals surface area (Å²) in [5.41, 5.74) is 0.508. The van der Waals surface area contributed by atoms with Gasteiger partial charge in [-0.05, 0) is 22.0 Å². The van der Waals surface area contributed by atoms with Crippen LogP contribution >= 0.6 is 15.9 Å². The number of aliphatic hydroxyl groups excluding tert-OH is 1. The predicted molar refractivity (Wildman–Crippen MR) is 63.0 cm³/mol. The molecule has 5 heteroatoms. The Bertz CT molecular complexity index is 484. The van der Waals surface area contributed by atoms with Gasteiger partial charge in [0, 0.05) is 11.8 Å². The number of aromatic nitrogens is 2. The van der Waals surface area contributed by atoms with Crippen molar-refractivity contribution < 1.29 is 10.2 Å². The first-order valence-electron chi connectivity index (χ1n) is 4.81. The minimum Gasteiger partial charge on any atom is -0.508 e. The summed E-state index contributed by atoms with van der Waals surface area (Å²) in [5, 5.41) is 23.5. The van der Waals surface area contributed by atoms with Crippen molar-refractivity contribution in [3.05, 3.63) is 46.7 Å². The summed E-state index contributed by atoms with van der Waals surface area (Å²) in [7, 11) is 0. The van der Waals surface area contributed by atoms with E-state index >= 15 is 0 Å². The molecule has 0 bridgehead atoms. The van der Waals surface area contributed by atoms with Crippen LogP contribution in [0.2, 0.25) is 0 Å². The van der Waals surface area contributed by atoms with E-state index < -0.39 is 6.10 Å². The fraction of sp³-hybridized carbons (Fsp3) is 0.182. The third-order valence-corrected chi connectivity index (χ3v) is 2.67. The van der Waals surface area contributed by atoms with Crippen LogP contribution in [0.15, 0.2) is 41.1 Å². The zero-order chi connectivity index (χ0) is 11.5. The molecule has 2 N–H and O–H groups in total. The van der Waals surface area contributed by atoms with Crippen LogP contribution in [0.25, 0.3) is 0 Å². The smallest absolute Gasteiger partial charge is 0.121 e. The van der Waals surface area contributed by atoms with Crippen LogP contribution in [0.5, 0.6) is 5.75 Å². The van der Waals surface area contributed by atoms with Gasteiger partial charge in [0.25, 0.3) is 0 Å². The molecular weight excluding hydrogens is 272 g/mol. The van der Waals surface area contributed by atoms with E-state index in [0.717, 1.165) is 4.47 Å². The Kier molecular flexibility index (Phi) is 3.26. The number of aliphatic hydroxyl groups is 1. The van der Waals surface area contributed by atoms with E-state index in [1.54, 1.807) is 41.3 Å². The van der Waals surface area contributed by atoms with Crippen molar-refractivity contribution >= 4 is 15.9 Å². The lowest BCUT2D eigenvalue weighted by molar-refractivity contribution is 0.148. The van der Waals surface area contributed by atoms with Crippen molar-refractivity contribution in [3.63, 3.8) is 0 Å². The number of aromatic hydroxyl groups is 1. The second-order valence-corrected chi connectivity index (χ2v) is 4.37. The summed E-state index contributed by atoms with van der Waals surface area (Å²) < 4.78 is 2.47. The van der Waals surface area contributed by atoms with Crippen molar-refractivity contribution in [3.8, 4) is 5.75 Å². The van der Waals surface area contributed by atoms with Crippen molar-refractivity contribution in [2.75, 3.05) is 0 Å². The van der Waals surface area contributed by atoms with Crippen LogP contribution in [-0.2, 0) is 6.54 Å². The Hall–Kier alpha value is -1.33. The molecule has 0 aliphatic rings. The van der Waals surface area contributed by atoms with Crippen molar-refractivity contribution in [1.29, 1.82) is 0 Å². The van der Waals surface area contributed by atoms with Gasteiger partial charge in [0.05, 0.1) is 17.2 Å². The topological polar surface area (TPSA) is 58.3 Å². The van der Waals surface area contributed by atoms with Gasteiger partial charge in [-0.1, -0.05) is 18.2 Å². The van der Waals surface area contributed by atoms with E-state index in [-0.39, 0.29) is 5.75 Å².